The molecule has 96 valence electrons. The Hall–Kier alpha value is -0.560. The van der Waals surface area contributed by atoms with E-state index in [0.29, 0.717) is 6.04 Å². The molecule has 0 radical (unpaired) electrons. The van der Waals surface area contributed by atoms with Gasteiger partial charge < -0.3 is 5.32 Å². The highest BCUT2D eigenvalue weighted by Crippen LogP contribution is 2.25. The van der Waals surface area contributed by atoms with Gasteiger partial charge in [-0.2, -0.15) is 0 Å². The Balaban J connectivity index is 0. The van der Waals surface area contributed by atoms with Crippen molar-refractivity contribution in [3.05, 3.63) is 23.3 Å². The van der Waals surface area contributed by atoms with E-state index in [1.807, 2.05) is 27.7 Å². The van der Waals surface area contributed by atoms with E-state index in [0.717, 1.165) is 6.54 Å². The van der Waals surface area contributed by atoms with E-state index in [1.54, 1.807) is 11.1 Å². The topological polar surface area (TPSA) is 12.0 Å². The van der Waals surface area contributed by atoms with Gasteiger partial charge in [-0.1, -0.05) is 52.8 Å². The van der Waals surface area contributed by atoms with Crippen molar-refractivity contribution in [3.63, 3.8) is 0 Å². The highest BCUT2D eigenvalue weighted by atomic mass is 14.9. The van der Waals surface area contributed by atoms with Crippen molar-refractivity contribution < 1.29 is 0 Å². The fourth-order valence-corrected chi connectivity index (χ4v) is 1.90. The second kappa shape index (κ2) is 10.9. The van der Waals surface area contributed by atoms with Crippen molar-refractivity contribution in [1.82, 2.24) is 5.32 Å². The van der Waals surface area contributed by atoms with Gasteiger partial charge in [0.25, 0.3) is 0 Å². The van der Waals surface area contributed by atoms with Crippen molar-refractivity contribution in [2.75, 3.05) is 6.54 Å². The molecule has 1 aliphatic heterocycles. The Morgan fingerprint density at radius 2 is 1.81 bits per heavy atom. The summed E-state index contributed by atoms with van der Waals surface area (Å²) in [4.78, 5) is 0. The first-order valence-electron chi connectivity index (χ1n) is 6.47. The maximum Gasteiger partial charge on any atom is 0.0207 e. The van der Waals surface area contributed by atoms with Crippen molar-refractivity contribution in [3.8, 4) is 0 Å². The van der Waals surface area contributed by atoms with E-state index in [1.165, 1.54) is 19.3 Å². The normalized spacial score (nSPS) is 21.7. The predicted molar refractivity (Wildman–Crippen MR) is 76.9 cm³/mol. The van der Waals surface area contributed by atoms with E-state index < -0.39 is 0 Å². The lowest BCUT2D eigenvalue weighted by atomic mass is 9.90. The second-order valence-electron chi connectivity index (χ2n) is 3.56. The number of rotatable bonds is 0. The van der Waals surface area contributed by atoms with Crippen LogP contribution in [0.1, 0.15) is 61.3 Å². The molecule has 1 atom stereocenters. The average Bonchev–Trinajstić information content (AvgIpc) is 2.34. The van der Waals surface area contributed by atoms with Crippen LogP contribution in [0.15, 0.2) is 23.3 Å². The largest absolute Gasteiger partial charge is 0.310 e. The molecular weight excluding hydrogens is 194 g/mol. The fourth-order valence-electron chi connectivity index (χ4n) is 1.90. The molecule has 1 N–H and O–H groups in total. The van der Waals surface area contributed by atoms with E-state index >= 15 is 0 Å². The third kappa shape index (κ3) is 5.50. The smallest absolute Gasteiger partial charge is 0.0207 e. The zero-order valence-electron chi connectivity index (χ0n) is 11.1. The van der Waals surface area contributed by atoms with Gasteiger partial charge in [0.1, 0.15) is 0 Å². The first-order chi connectivity index (χ1) is 7.36. The molecule has 1 heterocycles. The Morgan fingerprint density at radius 3 is 2.44 bits per heavy atom. The Morgan fingerprint density at radius 1 is 1.19 bits per heavy atom. The average molecular weight is 225 g/mol. The molecule has 0 fully saturated rings. The summed E-state index contributed by atoms with van der Waals surface area (Å²) < 4.78 is 0. The second-order valence-corrected chi connectivity index (χ2v) is 3.56. The van der Waals surface area contributed by atoms with Crippen molar-refractivity contribution in [2.45, 2.75) is 67.3 Å². The molecule has 16 heavy (non-hydrogen) atoms. The molecule has 0 saturated heterocycles. The zero-order chi connectivity index (χ0) is 11.7. The molecule has 2 rings (SSSR count). The molecule has 1 heteroatoms. The standard InChI is InChI=1S/C10H15N.2C2H6.CH4/c1-8-6-9-4-2-3-5-10(9)7-11-8;2*1-2;/h3,5,8,11H,2,4,6-7H2,1H3;2*1-2H3;1H4. The van der Waals surface area contributed by atoms with Gasteiger partial charge in [-0.05, 0) is 31.8 Å². The van der Waals surface area contributed by atoms with E-state index in [4.69, 9.17) is 0 Å². The first kappa shape index (κ1) is 17.8. The van der Waals surface area contributed by atoms with Crippen LogP contribution in [0.3, 0.4) is 0 Å². The predicted octanol–water partition coefficient (Wildman–Crippen LogP) is 4.70. The summed E-state index contributed by atoms with van der Waals surface area (Å²) in [6.45, 7) is 11.4. The van der Waals surface area contributed by atoms with Crippen LogP contribution in [0.4, 0.5) is 0 Å². The van der Waals surface area contributed by atoms with Gasteiger partial charge in [0.15, 0.2) is 0 Å². The molecule has 0 aromatic carbocycles. The molecule has 0 aromatic heterocycles. The highest BCUT2D eigenvalue weighted by molar-refractivity contribution is 5.33. The van der Waals surface area contributed by atoms with Gasteiger partial charge >= 0.3 is 0 Å². The lowest BCUT2D eigenvalue weighted by molar-refractivity contribution is 0.529. The summed E-state index contributed by atoms with van der Waals surface area (Å²) >= 11 is 0. The molecule has 0 saturated carbocycles. The number of hydrogen-bond donors (Lipinski definition) is 1. The molecule has 1 unspecified atom stereocenters. The van der Waals surface area contributed by atoms with Crippen molar-refractivity contribution in [1.29, 1.82) is 0 Å². The van der Waals surface area contributed by atoms with Gasteiger partial charge in [-0.3, -0.25) is 0 Å². The highest BCUT2D eigenvalue weighted by Gasteiger charge is 2.16. The molecule has 0 amide bonds. The SMILES string of the molecule is C.CC.CC.CC1CC2=C(C=CCC2)CN1. The minimum Gasteiger partial charge on any atom is -0.310 e. The van der Waals surface area contributed by atoms with Crippen LogP contribution >= 0.6 is 0 Å². The van der Waals surface area contributed by atoms with Gasteiger partial charge in [0.2, 0.25) is 0 Å². The van der Waals surface area contributed by atoms with Crippen LogP contribution in [0.25, 0.3) is 0 Å². The summed E-state index contributed by atoms with van der Waals surface area (Å²) in [7, 11) is 0. The fraction of sp³-hybridized carbons (Fsp3) is 0.733. The molecule has 1 nitrogen and oxygen atoms in total. The third-order valence-electron chi connectivity index (χ3n) is 2.58. The van der Waals surface area contributed by atoms with Crippen LogP contribution < -0.4 is 5.32 Å². The Bertz CT molecular complexity index is 213. The van der Waals surface area contributed by atoms with E-state index in [9.17, 15) is 0 Å². The summed E-state index contributed by atoms with van der Waals surface area (Å²) in [5, 5.41) is 3.47. The quantitative estimate of drug-likeness (QED) is 0.630. The van der Waals surface area contributed by atoms with Crippen LogP contribution in [-0.4, -0.2) is 12.6 Å². The monoisotopic (exact) mass is 225 g/mol. The minimum absolute atomic E-state index is 0. The number of hydrogen-bond acceptors (Lipinski definition) is 1. The molecular formula is C15H31N. The lowest BCUT2D eigenvalue weighted by Crippen LogP contribution is -2.33. The van der Waals surface area contributed by atoms with Gasteiger partial charge in [0.05, 0.1) is 0 Å². The summed E-state index contributed by atoms with van der Waals surface area (Å²) in [6.07, 6.45) is 8.40. The maximum atomic E-state index is 3.47. The van der Waals surface area contributed by atoms with Crippen LogP contribution in [0, 0.1) is 0 Å². The third-order valence-corrected chi connectivity index (χ3v) is 2.58. The summed E-state index contributed by atoms with van der Waals surface area (Å²) in [5.41, 5.74) is 3.24. The molecule has 1 aliphatic carbocycles. The molecule has 2 aliphatic rings. The van der Waals surface area contributed by atoms with Crippen LogP contribution in [0.5, 0.6) is 0 Å². The Kier molecular flexibility index (Phi) is 12.2. The van der Waals surface area contributed by atoms with Gasteiger partial charge in [-0.15, -0.1) is 0 Å². The maximum absolute atomic E-state index is 3.47. The van der Waals surface area contributed by atoms with Crippen LogP contribution in [-0.2, 0) is 0 Å². The van der Waals surface area contributed by atoms with E-state index in [2.05, 4.69) is 24.4 Å². The number of nitrogens with one attached hydrogen (secondary N) is 1. The zero-order valence-corrected chi connectivity index (χ0v) is 11.1. The summed E-state index contributed by atoms with van der Waals surface area (Å²) in [6, 6.07) is 0.695. The molecule has 0 spiro atoms. The van der Waals surface area contributed by atoms with Crippen molar-refractivity contribution in [2.24, 2.45) is 0 Å². The van der Waals surface area contributed by atoms with Crippen LogP contribution in [0.2, 0.25) is 0 Å². The lowest BCUT2D eigenvalue weighted by Gasteiger charge is -2.26. The molecule has 0 bridgehead atoms. The molecule has 0 aromatic rings. The summed E-state index contributed by atoms with van der Waals surface area (Å²) in [5.74, 6) is 0. The minimum atomic E-state index is 0. The van der Waals surface area contributed by atoms with Crippen molar-refractivity contribution >= 4 is 0 Å². The van der Waals surface area contributed by atoms with Gasteiger partial charge in [-0.25, -0.2) is 0 Å². The Labute approximate surface area is 103 Å². The number of allylic oxidation sites excluding steroid dienone is 1. The van der Waals surface area contributed by atoms with E-state index in [-0.39, 0.29) is 7.43 Å². The van der Waals surface area contributed by atoms with Gasteiger partial charge in [0, 0.05) is 12.6 Å². The first-order valence-corrected chi connectivity index (χ1v) is 6.47.